The maximum absolute atomic E-state index is 4.34. The fourth-order valence-corrected chi connectivity index (χ4v) is 2.46. The summed E-state index contributed by atoms with van der Waals surface area (Å²) in [7, 11) is 0. The Balaban J connectivity index is 2.04. The van der Waals surface area contributed by atoms with Crippen LogP contribution in [0.1, 0.15) is 23.6 Å². The summed E-state index contributed by atoms with van der Waals surface area (Å²) >= 11 is 1.89. The van der Waals surface area contributed by atoms with Crippen LogP contribution in [0.3, 0.4) is 0 Å². The molecule has 0 atom stereocenters. The fraction of sp³-hybridized carbons (Fsp3) is 0.556. The molecule has 1 aliphatic heterocycles. The third-order valence-corrected chi connectivity index (χ3v) is 3.25. The largest absolute Gasteiger partial charge is 0.242 e. The Labute approximate surface area is 71.4 Å². The highest BCUT2D eigenvalue weighted by atomic mass is 32.1. The molecule has 0 aliphatic carbocycles. The van der Waals surface area contributed by atoms with E-state index in [0.717, 1.165) is 19.0 Å². The Morgan fingerprint density at radius 2 is 2.18 bits per heavy atom. The molecule has 0 saturated carbocycles. The van der Waals surface area contributed by atoms with Crippen molar-refractivity contribution in [3.8, 4) is 0 Å². The second-order valence-corrected chi connectivity index (χ2v) is 3.94. The van der Waals surface area contributed by atoms with Crippen molar-refractivity contribution in [1.29, 1.82) is 0 Å². The number of piperidine rings is 1. The molecule has 1 fully saturated rings. The monoisotopic (exact) mass is 166 g/mol. The molecule has 2 rings (SSSR count). The van der Waals surface area contributed by atoms with Gasteiger partial charge in [-0.05, 0) is 30.2 Å². The van der Waals surface area contributed by atoms with E-state index >= 15 is 0 Å². The van der Waals surface area contributed by atoms with Gasteiger partial charge in [0.05, 0.1) is 0 Å². The number of hydrogen-bond acceptors (Lipinski definition) is 1. The zero-order valence-electron chi connectivity index (χ0n) is 6.49. The lowest BCUT2D eigenvalue weighted by Crippen LogP contribution is -2.20. The van der Waals surface area contributed by atoms with Crippen molar-refractivity contribution in [2.75, 3.05) is 13.1 Å². The highest BCUT2D eigenvalue weighted by molar-refractivity contribution is 7.10. The first kappa shape index (κ1) is 7.32. The van der Waals surface area contributed by atoms with E-state index in [9.17, 15) is 0 Å². The van der Waals surface area contributed by atoms with Crippen LogP contribution >= 0.6 is 11.3 Å². The molecule has 11 heavy (non-hydrogen) atoms. The van der Waals surface area contributed by atoms with E-state index in [1.54, 1.807) is 4.88 Å². The average Bonchev–Trinajstić information content (AvgIpc) is 2.58. The van der Waals surface area contributed by atoms with E-state index < -0.39 is 0 Å². The van der Waals surface area contributed by atoms with Gasteiger partial charge in [-0.2, -0.15) is 0 Å². The lowest BCUT2D eigenvalue weighted by Gasteiger charge is -2.19. The van der Waals surface area contributed by atoms with E-state index in [-0.39, 0.29) is 0 Å². The first-order chi connectivity index (χ1) is 5.47. The fourth-order valence-electron chi connectivity index (χ4n) is 1.56. The third kappa shape index (κ3) is 1.63. The molecule has 1 nitrogen and oxygen atoms in total. The molecular weight excluding hydrogens is 154 g/mol. The summed E-state index contributed by atoms with van der Waals surface area (Å²) in [6.45, 7) is 2.14. The summed E-state index contributed by atoms with van der Waals surface area (Å²) < 4.78 is 0. The molecule has 1 aromatic heterocycles. The molecule has 0 N–H and O–H groups in total. The second kappa shape index (κ2) is 3.37. The minimum absolute atomic E-state index is 0.812. The summed E-state index contributed by atoms with van der Waals surface area (Å²) in [5.41, 5.74) is 0. The van der Waals surface area contributed by atoms with Gasteiger partial charge >= 0.3 is 0 Å². The summed E-state index contributed by atoms with van der Waals surface area (Å²) in [4.78, 5) is 1.56. The van der Waals surface area contributed by atoms with Crippen molar-refractivity contribution < 1.29 is 0 Å². The molecule has 0 bridgehead atoms. The van der Waals surface area contributed by atoms with Gasteiger partial charge in [0.2, 0.25) is 0 Å². The summed E-state index contributed by atoms with van der Waals surface area (Å²) in [6.07, 6.45) is 2.53. The Morgan fingerprint density at radius 1 is 1.36 bits per heavy atom. The average molecular weight is 166 g/mol. The normalized spacial score (nSPS) is 20.4. The summed E-state index contributed by atoms with van der Waals surface area (Å²) in [5.74, 6) is 0.812. The standard InChI is InChI=1S/C9H12NS/c1-2-9(11-7-1)8-3-5-10-6-4-8/h1-2,7-8H,3-6H2. The molecule has 0 aromatic carbocycles. The van der Waals surface area contributed by atoms with Gasteiger partial charge in [0.15, 0.2) is 0 Å². The third-order valence-electron chi connectivity index (χ3n) is 2.22. The molecule has 2 heterocycles. The lowest BCUT2D eigenvalue weighted by atomic mass is 9.97. The SMILES string of the molecule is c1csc(C2CC[N]CC2)c1. The Morgan fingerprint density at radius 3 is 2.82 bits per heavy atom. The van der Waals surface area contributed by atoms with Crippen molar-refractivity contribution >= 4 is 11.3 Å². The summed E-state index contributed by atoms with van der Waals surface area (Å²) in [6, 6.07) is 4.40. The first-order valence-electron chi connectivity index (χ1n) is 4.13. The van der Waals surface area contributed by atoms with Gasteiger partial charge in [0, 0.05) is 18.0 Å². The molecule has 2 heteroatoms. The minimum atomic E-state index is 0.812. The van der Waals surface area contributed by atoms with Gasteiger partial charge in [-0.25, -0.2) is 5.32 Å². The van der Waals surface area contributed by atoms with Crippen LogP contribution < -0.4 is 5.32 Å². The van der Waals surface area contributed by atoms with E-state index in [1.807, 2.05) is 11.3 Å². The number of nitrogens with zero attached hydrogens (tertiary/aromatic N) is 1. The van der Waals surface area contributed by atoms with Crippen LogP contribution in [0.25, 0.3) is 0 Å². The van der Waals surface area contributed by atoms with E-state index in [4.69, 9.17) is 0 Å². The van der Waals surface area contributed by atoms with Crippen molar-refractivity contribution in [3.05, 3.63) is 22.4 Å². The molecule has 1 aromatic rings. The van der Waals surface area contributed by atoms with Gasteiger partial charge in [0.1, 0.15) is 0 Å². The van der Waals surface area contributed by atoms with Gasteiger partial charge < -0.3 is 0 Å². The molecule has 1 saturated heterocycles. The van der Waals surface area contributed by atoms with Gasteiger partial charge in [-0.3, -0.25) is 0 Å². The van der Waals surface area contributed by atoms with Crippen molar-refractivity contribution in [2.24, 2.45) is 0 Å². The maximum atomic E-state index is 4.34. The highest BCUT2D eigenvalue weighted by Crippen LogP contribution is 2.28. The van der Waals surface area contributed by atoms with Crippen LogP contribution in [0.5, 0.6) is 0 Å². The van der Waals surface area contributed by atoms with E-state index in [1.165, 1.54) is 12.8 Å². The van der Waals surface area contributed by atoms with Crippen LogP contribution in [0.4, 0.5) is 0 Å². The number of thiophene rings is 1. The Kier molecular flexibility index (Phi) is 2.24. The number of hydrogen-bond donors (Lipinski definition) is 0. The predicted octanol–water partition coefficient (Wildman–Crippen LogP) is 2.23. The van der Waals surface area contributed by atoms with E-state index in [2.05, 4.69) is 22.8 Å². The van der Waals surface area contributed by atoms with Crippen LogP contribution in [0, 0.1) is 0 Å². The van der Waals surface area contributed by atoms with Crippen LogP contribution in [0.2, 0.25) is 0 Å². The summed E-state index contributed by atoms with van der Waals surface area (Å²) in [5, 5.41) is 6.51. The van der Waals surface area contributed by atoms with E-state index in [0.29, 0.717) is 0 Å². The van der Waals surface area contributed by atoms with Crippen molar-refractivity contribution in [1.82, 2.24) is 5.32 Å². The lowest BCUT2D eigenvalue weighted by molar-refractivity contribution is 0.458. The van der Waals surface area contributed by atoms with Crippen LogP contribution in [0.15, 0.2) is 17.5 Å². The Bertz CT molecular complexity index is 199. The van der Waals surface area contributed by atoms with Gasteiger partial charge in [-0.15, -0.1) is 11.3 Å². The minimum Gasteiger partial charge on any atom is -0.242 e. The second-order valence-electron chi connectivity index (χ2n) is 2.96. The highest BCUT2D eigenvalue weighted by Gasteiger charge is 2.15. The molecule has 59 valence electrons. The number of rotatable bonds is 1. The zero-order chi connectivity index (χ0) is 7.52. The maximum Gasteiger partial charge on any atom is 0.0139 e. The topological polar surface area (TPSA) is 14.1 Å². The molecular formula is C9H12NS. The first-order valence-corrected chi connectivity index (χ1v) is 5.01. The van der Waals surface area contributed by atoms with Crippen molar-refractivity contribution in [3.63, 3.8) is 0 Å². The smallest absolute Gasteiger partial charge is 0.0139 e. The van der Waals surface area contributed by atoms with Crippen molar-refractivity contribution in [2.45, 2.75) is 18.8 Å². The Hall–Kier alpha value is -0.340. The molecule has 0 amide bonds. The molecule has 0 spiro atoms. The zero-order valence-corrected chi connectivity index (χ0v) is 7.31. The molecule has 1 radical (unpaired) electrons. The van der Waals surface area contributed by atoms with Crippen LogP contribution in [-0.2, 0) is 0 Å². The van der Waals surface area contributed by atoms with Gasteiger partial charge in [-0.1, -0.05) is 6.07 Å². The quantitative estimate of drug-likeness (QED) is 0.607. The van der Waals surface area contributed by atoms with Gasteiger partial charge in [0.25, 0.3) is 0 Å². The van der Waals surface area contributed by atoms with Crippen LogP contribution in [-0.4, -0.2) is 13.1 Å². The predicted molar refractivity (Wildman–Crippen MR) is 48.2 cm³/mol. The molecule has 1 aliphatic rings. The molecule has 0 unspecified atom stereocenters.